The maximum atomic E-state index is 11.0. The summed E-state index contributed by atoms with van der Waals surface area (Å²) in [4.78, 5) is 14.3. The molecule has 98 valence electrons. The van der Waals surface area contributed by atoms with Crippen molar-refractivity contribution in [1.29, 1.82) is 0 Å². The first-order valence-corrected chi connectivity index (χ1v) is 5.82. The Morgan fingerprint density at radius 2 is 2.00 bits per heavy atom. The molecule has 6 nitrogen and oxygen atoms in total. The molecule has 0 unspecified atom stereocenters. The highest BCUT2D eigenvalue weighted by molar-refractivity contribution is 5.66. The van der Waals surface area contributed by atoms with E-state index in [9.17, 15) is 9.90 Å². The van der Waals surface area contributed by atoms with Crippen molar-refractivity contribution in [2.24, 2.45) is 0 Å². The fraction of sp³-hybridized carbons (Fsp3) is 0.417. The second-order valence-corrected chi connectivity index (χ2v) is 4.35. The predicted molar refractivity (Wildman–Crippen MR) is 68.7 cm³/mol. The molecule has 1 aromatic carbocycles. The third kappa shape index (κ3) is 2.48. The number of hydrogen-bond acceptors (Lipinski definition) is 4. The summed E-state index contributed by atoms with van der Waals surface area (Å²) in [5, 5.41) is 18.3. The molecule has 0 aromatic heterocycles. The standard InChI is InChI=1S/C12H17N3O3/c13-9-1-3-10(4-2-9)14-5-6-15(12(17)18)11(7-14)8-16/h1-4,11,16H,5-8,13H2,(H,17,18)/t11-/m1/s1. The van der Waals surface area contributed by atoms with Crippen LogP contribution in [0.5, 0.6) is 0 Å². The molecular formula is C12H17N3O3. The first-order valence-electron chi connectivity index (χ1n) is 5.82. The van der Waals surface area contributed by atoms with Crippen LogP contribution >= 0.6 is 0 Å². The third-order valence-corrected chi connectivity index (χ3v) is 3.20. The van der Waals surface area contributed by atoms with Crippen molar-refractivity contribution in [1.82, 2.24) is 4.90 Å². The number of hydrogen-bond donors (Lipinski definition) is 3. The van der Waals surface area contributed by atoms with Crippen molar-refractivity contribution < 1.29 is 15.0 Å². The number of nitrogens with two attached hydrogens (primary N) is 1. The van der Waals surface area contributed by atoms with Crippen LogP contribution in [0.15, 0.2) is 24.3 Å². The molecule has 6 heteroatoms. The molecule has 0 saturated carbocycles. The normalized spacial score (nSPS) is 19.9. The number of amides is 1. The molecule has 1 aromatic rings. The van der Waals surface area contributed by atoms with E-state index in [0.29, 0.717) is 25.3 Å². The summed E-state index contributed by atoms with van der Waals surface area (Å²) in [6.45, 7) is 1.34. The molecule has 1 aliphatic heterocycles. The molecule has 4 N–H and O–H groups in total. The molecule has 1 saturated heterocycles. The summed E-state index contributed by atoms with van der Waals surface area (Å²) in [5.74, 6) is 0. The number of rotatable bonds is 2. The number of nitrogen functional groups attached to an aromatic ring is 1. The zero-order chi connectivity index (χ0) is 13.1. The largest absolute Gasteiger partial charge is 0.465 e. The molecule has 0 radical (unpaired) electrons. The molecule has 2 rings (SSSR count). The van der Waals surface area contributed by atoms with Crippen LogP contribution in [0.1, 0.15) is 0 Å². The van der Waals surface area contributed by atoms with Gasteiger partial charge < -0.3 is 20.8 Å². The van der Waals surface area contributed by atoms with Gasteiger partial charge in [0.2, 0.25) is 0 Å². The minimum atomic E-state index is -0.981. The van der Waals surface area contributed by atoms with Crippen molar-refractivity contribution in [2.75, 3.05) is 36.9 Å². The fourth-order valence-electron chi connectivity index (χ4n) is 2.18. The van der Waals surface area contributed by atoms with Gasteiger partial charge in [-0.3, -0.25) is 4.90 Å². The Morgan fingerprint density at radius 3 is 2.56 bits per heavy atom. The van der Waals surface area contributed by atoms with Gasteiger partial charge in [-0.2, -0.15) is 0 Å². The molecule has 1 aliphatic rings. The van der Waals surface area contributed by atoms with Crippen molar-refractivity contribution in [2.45, 2.75) is 6.04 Å². The van der Waals surface area contributed by atoms with E-state index >= 15 is 0 Å². The number of carboxylic acid groups (broad SMARTS) is 1. The quantitative estimate of drug-likeness (QED) is 0.663. The van der Waals surface area contributed by atoms with Crippen molar-refractivity contribution in [3.63, 3.8) is 0 Å². The molecule has 1 atom stereocenters. The second kappa shape index (κ2) is 5.14. The number of aliphatic hydroxyl groups is 1. The lowest BCUT2D eigenvalue weighted by Gasteiger charge is -2.40. The second-order valence-electron chi connectivity index (χ2n) is 4.35. The van der Waals surface area contributed by atoms with Gasteiger partial charge in [0, 0.05) is 31.0 Å². The van der Waals surface area contributed by atoms with Gasteiger partial charge in [0.1, 0.15) is 0 Å². The molecule has 1 heterocycles. The first-order chi connectivity index (χ1) is 8.61. The van der Waals surface area contributed by atoms with Crippen LogP contribution in [-0.2, 0) is 0 Å². The fourth-order valence-corrected chi connectivity index (χ4v) is 2.18. The van der Waals surface area contributed by atoms with Gasteiger partial charge in [-0.1, -0.05) is 0 Å². The van der Waals surface area contributed by atoms with E-state index < -0.39 is 6.09 Å². The van der Waals surface area contributed by atoms with Gasteiger partial charge in [-0.25, -0.2) is 4.79 Å². The highest BCUT2D eigenvalue weighted by Crippen LogP contribution is 2.20. The maximum Gasteiger partial charge on any atom is 0.407 e. The van der Waals surface area contributed by atoms with Gasteiger partial charge in [-0.15, -0.1) is 0 Å². The van der Waals surface area contributed by atoms with Crippen LogP contribution in [0.25, 0.3) is 0 Å². The summed E-state index contributed by atoms with van der Waals surface area (Å²) < 4.78 is 0. The number of benzene rings is 1. The van der Waals surface area contributed by atoms with Gasteiger partial charge in [0.05, 0.1) is 12.6 Å². The maximum absolute atomic E-state index is 11.0. The lowest BCUT2D eigenvalue weighted by atomic mass is 10.1. The Kier molecular flexibility index (Phi) is 3.57. The van der Waals surface area contributed by atoms with Crippen LogP contribution in [0.4, 0.5) is 16.2 Å². The smallest absolute Gasteiger partial charge is 0.407 e. The van der Waals surface area contributed by atoms with E-state index in [2.05, 4.69) is 4.90 Å². The van der Waals surface area contributed by atoms with E-state index in [-0.39, 0.29) is 12.6 Å². The van der Waals surface area contributed by atoms with Gasteiger partial charge >= 0.3 is 6.09 Å². The number of nitrogens with zero attached hydrogens (tertiary/aromatic N) is 2. The Labute approximate surface area is 105 Å². The van der Waals surface area contributed by atoms with Gasteiger partial charge in [0.15, 0.2) is 0 Å². The Balaban J connectivity index is 2.09. The highest BCUT2D eigenvalue weighted by Gasteiger charge is 2.29. The number of anilines is 2. The monoisotopic (exact) mass is 251 g/mol. The molecule has 1 fully saturated rings. The zero-order valence-corrected chi connectivity index (χ0v) is 9.99. The predicted octanol–water partition coefficient (Wildman–Crippen LogP) is 0.430. The van der Waals surface area contributed by atoms with Crippen LogP contribution in [-0.4, -0.2) is 53.5 Å². The van der Waals surface area contributed by atoms with Crippen LogP contribution in [0.2, 0.25) is 0 Å². The summed E-state index contributed by atoms with van der Waals surface area (Å²) >= 11 is 0. The topological polar surface area (TPSA) is 90.0 Å². The number of piperazine rings is 1. The Morgan fingerprint density at radius 1 is 1.33 bits per heavy atom. The van der Waals surface area contributed by atoms with Crippen molar-refractivity contribution in [3.8, 4) is 0 Å². The van der Waals surface area contributed by atoms with E-state index in [0.717, 1.165) is 5.69 Å². The average molecular weight is 251 g/mol. The molecular weight excluding hydrogens is 234 g/mol. The summed E-state index contributed by atoms with van der Waals surface area (Å²) in [5.41, 5.74) is 7.32. The van der Waals surface area contributed by atoms with E-state index in [1.54, 1.807) is 0 Å². The molecule has 1 amide bonds. The molecule has 18 heavy (non-hydrogen) atoms. The van der Waals surface area contributed by atoms with E-state index in [1.807, 2.05) is 24.3 Å². The lowest BCUT2D eigenvalue weighted by Crippen LogP contribution is -2.56. The zero-order valence-electron chi connectivity index (χ0n) is 9.99. The molecule has 0 aliphatic carbocycles. The highest BCUT2D eigenvalue weighted by atomic mass is 16.4. The van der Waals surface area contributed by atoms with Crippen LogP contribution in [0.3, 0.4) is 0 Å². The van der Waals surface area contributed by atoms with Crippen LogP contribution in [0, 0.1) is 0 Å². The van der Waals surface area contributed by atoms with E-state index in [4.69, 9.17) is 10.8 Å². The molecule has 0 bridgehead atoms. The number of aliphatic hydroxyl groups excluding tert-OH is 1. The van der Waals surface area contributed by atoms with Crippen molar-refractivity contribution >= 4 is 17.5 Å². The lowest BCUT2D eigenvalue weighted by molar-refractivity contribution is 0.0910. The summed E-state index contributed by atoms with van der Waals surface area (Å²) in [6.07, 6.45) is -0.981. The van der Waals surface area contributed by atoms with Gasteiger partial charge in [-0.05, 0) is 24.3 Å². The molecule has 0 spiro atoms. The average Bonchev–Trinajstić information content (AvgIpc) is 2.38. The third-order valence-electron chi connectivity index (χ3n) is 3.20. The number of carbonyl (C=O) groups is 1. The Bertz CT molecular complexity index is 421. The SMILES string of the molecule is Nc1ccc(N2CCN(C(=O)O)[C@@H](CO)C2)cc1. The van der Waals surface area contributed by atoms with Crippen LogP contribution < -0.4 is 10.6 Å². The minimum absolute atomic E-state index is 0.169. The van der Waals surface area contributed by atoms with E-state index in [1.165, 1.54) is 4.90 Å². The first kappa shape index (κ1) is 12.5. The minimum Gasteiger partial charge on any atom is -0.465 e. The van der Waals surface area contributed by atoms with Gasteiger partial charge in [0.25, 0.3) is 0 Å². The Hall–Kier alpha value is -1.95. The summed E-state index contributed by atoms with van der Waals surface area (Å²) in [7, 11) is 0. The van der Waals surface area contributed by atoms with Crippen molar-refractivity contribution in [3.05, 3.63) is 24.3 Å². The summed E-state index contributed by atoms with van der Waals surface area (Å²) in [6, 6.07) is 7.05.